The van der Waals surface area contributed by atoms with E-state index < -0.39 is 0 Å². The first-order valence-corrected chi connectivity index (χ1v) is 6.61. The molecule has 0 aliphatic rings. The minimum atomic E-state index is 0.623. The van der Waals surface area contributed by atoms with Crippen molar-refractivity contribution >= 4 is 29.0 Å². The molecule has 0 saturated heterocycles. The predicted octanol–water partition coefficient (Wildman–Crippen LogP) is 2.95. The van der Waals surface area contributed by atoms with Gasteiger partial charge in [0.05, 0.1) is 22.7 Å². The largest absolute Gasteiger partial charge is 0.492 e. The van der Waals surface area contributed by atoms with Gasteiger partial charge in [-0.25, -0.2) is 4.98 Å². The van der Waals surface area contributed by atoms with E-state index in [9.17, 15) is 4.79 Å². The Hall–Kier alpha value is -1.20. The molecule has 2 aromatic rings. The molecule has 0 aromatic carbocycles. The molecule has 84 valence electrons. The van der Waals surface area contributed by atoms with Gasteiger partial charge in [0.15, 0.2) is 6.29 Å². The Morgan fingerprint density at radius 1 is 1.50 bits per heavy atom. The zero-order valence-corrected chi connectivity index (χ0v) is 10.4. The Balaban J connectivity index is 1.84. The molecule has 16 heavy (non-hydrogen) atoms. The summed E-state index contributed by atoms with van der Waals surface area (Å²) in [5.41, 5.74) is 2.92. The van der Waals surface area contributed by atoms with Crippen molar-refractivity contribution in [1.82, 2.24) is 4.98 Å². The number of hydrogen-bond donors (Lipinski definition) is 0. The fourth-order valence-electron chi connectivity index (χ4n) is 1.30. The first kappa shape index (κ1) is 11.3. The summed E-state index contributed by atoms with van der Waals surface area (Å²) in [6, 6.07) is 1.76. The summed E-state index contributed by atoms with van der Waals surface area (Å²) in [5, 5.41) is 1.85. The quantitative estimate of drug-likeness (QED) is 0.769. The van der Waals surface area contributed by atoms with E-state index in [0.717, 1.165) is 24.2 Å². The lowest BCUT2D eigenvalue weighted by molar-refractivity contribution is 0.112. The third-order valence-corrected chi connectivity index (χ3v) is 3.99. The first-order chi connectivity index (χ1) is 7.79. The second-order valence-electron chi connectivity index (χ2n) is 3.26. The fraction of sp³-hybridized carbons (Fsp3) is 0.273. The maximum atomic E-state index is 10.5. The van der Waals surface area contributed by atoms with Crippen LogP contribution >= 0.6 is 22.7 Å². The normalized spacial score (nSPS) is 10.3. The highest BCUT2D eigenvalue weighted by molar-refractivity contribution is 7.12. The molecule has 0 radical (unpaired) electrons. The molecule has 2 rings (SSSR count). The number of ether oxygens (including phenoxy) is 1. The van der Waals surface area contributed by atoms with Gasteiger partial charge in [0.25, 0.3) is 0 Å². The third kappa shape index (κ3) is 2.68. The lowest BCUT2D eigenvalue weighted by Gasteiger charge is -2.02. The molecule has 0 aliphatic carbocycles. The van der Waals surface area contributed by atoms with Crippen molar-refractivity contribution in [1.29, 1.82) is 0 Å². The number of rotatable bonds is 5. The topological polar surface area (TPSA) is 39.2 Å². The van der Waals surface area contributed by atoms with E-state index in [1.807, 2.05) is 17.8 Å². The zero-order chi connectivity index (χ0) is 11.4. The van der Waals surface area contributed by atoms with Gasteiger partial charge < -0.3 is 4.74 Å². The molecule has 0 aliphatic heterocycles. The van der Waals surface area contributed by atoms with Gasteiger partial charge in [-0.3, -0.25) is 4.79 Å². The van der Waals surface area contributed by atoms with Gasteiger partial charge >= 0.3 is 0 Å². The van der Waals surface area contributed by atoms with Crippen LogP contribution in [0.25, 0.3) is 0 Å². The van der Waals surface area contributed by atoms with Crippen LogP contribution < -0.4 is 4.74 Å². The molecule has 0 saturated carbocycles. The van der Waals surface area contributed by atoms with E-state index in [0.29, 0.717) is 11.5 Å². The van der Waals surface area contributed by atoms with Crippen molar-refractivity contribution < 1.29 is 9.53 Å². The van der Waals surface area contributed by atoms with E-state index in [2.05, 4.69) is 4.98 Å². The summed E-state index contributed by atoms with van der Waals surface area (Å²) >= 11 is 3.05. The molecule has 0 N–H and O–H groups in total. The lowest BCUT2D eigenvalue weighted by Crippen LogP contribution is -2.00. The minimum Gasteiger partial charge on any atom is -0.492 e. The standard InChI is InChI=1S/C11H11NO2S2/c1-8-11(16-7-12-8)2-3-14-9-4-10(5-13)15-6-9/h4-7H,2-3H2,1H3. The second kappa shape index (κ2) is 5.23. The average Bonchev–Trinajstić information content (AvgIpc) is 2.89. The zero-order valence-electron chi connectivity index (χ0n) is 8.80. The van der Waals surface area contributed by atoms with Crippen LogP contribution in [-0.2, 0) is 6.42 Å². The number of hydrogen-bond acceptors (Lipinski definition) is 5. The maximum absolute atomic E-state index is 10.5. The van der Waals surface area contributed by atoms with Crippen molar-refractivity contribution in [3.63, 3.8) is 0 Å². The van der Waals surface area contributed by atoms with Gasteiger partial charge in [-0.15, -0.1) is 22.7 Å². The first-order valence-electron chi connectivity index (χ1n) is 4.85. The van der Waals surface area contributed by atoms with E-state index in [4.69, 9.17) is 4.74 Å². The molecule has 0 bridgehead atoms. The van der Waals surface area contributed by atoms with E-state index in [1.165, 1.54) is 16.2 Å². The smallest absolute Gasteiger partial charge is 0.160 e. The minimum absolute atomic E-state index is 0.623. The summed E-state index contributed by atoms with van der Waals surface area (Å²) in [7, 11) is 0. The van der Waals surface area contributed by atoms with Crippen molar-refractivity contribution in [3.8, 4) is 5.75 Å². The number of thiophene rings is 1. The summed E-state index contributed by atoms with van der Waals surface area (Å²) in [4.78, 5) is 16.6. The van der Waals surface area contributed by atoms with Crippen LogP contribution in [0.2, 0.25) is 0 Å². The van der Waals surface area contributed by atoms with Gasteiger partial charge in [-0.1, -0.05) is 0 Å². The molecule has 2 heterocycles. The summed E-state index contributed by atoms with van der Waals surface area (Å²) in [6.07, 6.45) is 1.70. The van der Waals surface area contributed by atoms with Gasteiger partial charge in [0.2, 0.25) is 0 Å². The molecule has 0 spiro atoms. The molecule has 3 nitrogen and oxygen atoms in total. The van der Waals surface area contributed by atoms with E-state index >= 15 is 0 Å². The number of aryl methyl sites for hydroxylation is 1. The predicted molar refractivity (Wildman–Crippen MR) is 65.8 cm³/mol. The summed E-state index contributed by atoms with van der Waals surface area (Å²) < 4.78 is 5.55. The van der Waals surface area contributed by atoms with Crippen molar-refractivity contribution in [2.75, 3.05) is 6.61 Å². The molecular formula is C11H11NO2S2. The molecular weight excluding hydrogens is 242 g/mol. The van der Waals surface area contributed by atoms with Crippen LogP contribution in [0.1, 0.15) is 20.2 Å². The Labute approximate surface area is 102 Å². The maximum Gasteiger partial charge on any atom is 0.160 e. The Morgan fingerprint density at radius 2 is 2.38 bits per heavy atom. The van der Waals surface area contributed by atoms with Crippen LogP contribution in [0.3, 0.4) is 0 Å². The number of nitrogens with zero attached hydrogens (tertiary/aromatic N) is 1. The summed E-state index contributed by atoms with van der Waals surface area (Å²) in [5.74, 6) is 0.772. The number of carbonyl (C=O) groups is 1. The molecule has 0 unspecified atom stereocenters. The molecule has 0 amide bonds. The van der Waals surface area contributed by atoms with Crippen LogP contribution in [0, 0.1) is 6.92 Å². The molecule has 5 heteroatoms. The summed E-state index contributed by atoms with van der Waals surface area (Å²) in [6.45, 7) is 2.62. The second-order valence-corrected chi connectivity index (χ2v) is 5.14. The molecule has 0 atom stereocenters. The Morgan fingerprint density at radius 3 is 3.00 bits per heavy atom. The van der Waals surface area contributed by atoms with E-state index in [1.54, 1.807) is 17.4 Å². The van der Waals surface area contributed by atoms with E-state index in [-0.39, 0.29) is 0 Å². The number of thiazole rings is 1. The fourth-order valence-corrected chi connectivity index (χ4v) is 2.69. The Kier molecular flexibility index (Phi) is 3.69. The van der Waals surface area contributed by atoms with Crippen LogP contribution in [-0.4, -0.2) is 17.9 Å². The van der Waals surface area contributed by atoms with Crippen LogP contribution in [0.5, 0.6) is 5.75 Å². The lowest BCUT2D eigenvalue weighted by atomic mass is 10.3. The average molecular weight is 253 g/mol. The van der Waals surface area contributed by atoms with Gasteiger partial charge in [-0.05, 0) is 6.92 Å². The third-order valence-electron chi connectivity index (χ3n) is 2.15. The number of carbonyl (C=O) groups excluding carboxylic acids is 1. The van der Waals surface area contributed by atoms with Crippen LogP contribution in [0.4, 0.5) is 0 Å². The van der Waals surface area contributed by atoms with Gasteiger partial charge in [0.1, 0.15) is 5.75 Å². The van der Waals surface area contributed by atoms with Crippen molar-refractivity contribution in [3.05, 3.63) is 32.4 Å². The van der Waals surface area contributed by atoms with Gasteiger partial charge in [-0.2, -0.15) is 0 Å². The van der Waals surface area contributed by atoms with Crippen molar-refractivity contribution in [2.45, 2.75) is 13.3 Å². The van der Waals surface area contributed by atoms with Crippen molar-refractivity contribution in [2.24, 2.45) is 0 Å². The Bertz CT molecular complexity index is 476. The highest BCUT2D eigenvalue weighted by Crippen LogP contribution is 2.20. The SMILES string of the molecule is Cc1ncsc1CCOc1csc(C=O)c1. The van der Waals surface area contributed by atoms with Crippen LogP contribution in [0.15, 0.2) is 17.0 Å². The number of aldehydes is 1. The molecule has 0 fully saturated rings. The highest BCUT2D eigenvalue weighted by Gasteiger charge is 2.03. The molecule has 2 aromatic heterocycles. The highest BCUT2D eigenvalue weighted by atomic mass is 32.1. The number of aromatic nitrogens is 1. The monoisotopic (exact) mass is 253 g/mol. The van der Waals surface area contributed by atoms with Gasteiger partial charge in [0, 0.05) is 22.7 Å².